The number of hydrogen-bond acceptors (Lipinski definition) is 5. The van der Waals surface area contributed by atoms with Gasteiger partial charge in [0.2, 0.25) is 0 Å². The van der Waals surface area contributed by atoms with Crippen molar-refractivity contribution in [2.45, 2.75) is 0 Å². The minimum atomic E-state index is -0.951. The molecule has 7 heteroatoms. The van der Waals surface area contributed by atoms with Gasteiger partial charge in [-0.2, -0.15) is 0 Å². The highest BCUT2D eigenvalue weighted by Gasteiger charge is 2.13. The van der Waals surface area contributed by atoms with Crippen LogP contribution in [0.1, 0.15) is 10.4 Å². The van der Waals surface area contributed by atoms with Crippen molar-refractivity contribution in [3.8, 4) is 0 Å². The van der Waals surface area contributed by atoms with Gasteiger partial charge in [-0.05, 0) is 12.1 Å². The van der Waals surface area contributed by atoms with E-state index in [-0.39, 0.29) is 11.3 Å². The van der Waals surface area contributed by atoms with Crippen LogP contribution in [0.5, 0.6) is 0 Å². The first-order chi connectivity index (χ1) is 8.04. The van der Waals surface area contributed by atoms with Gasteiger partial charge in [-0.1, -0.05) is 0 Å². The standard InChI is InChI=1S/C10H12N2O4S/c1-17(16)5-4-11-9-3-2-8(7-13)6-10(9)12(14)15/h2-3,6-7,11H,4-5H2,1H3. The molecule has 0 heterocycles. The second-order valence-electron chi connectivity index (χ2n) is 3.36. The van der Waals surface area contributed by atoms with Gasteiger partial charge in [0.15, 0.2) is 0 Å². The molecule has 0 aliphatic heterocycles. The number of aldehydes is 1. The van der Waals surface area contributed by atoms with Gasteiger partial charge in [0.1, 0.15) is 12.0 Å². The molecule has 0 saturated carbocycles. The van der Waals surface area contributed by atoms with Crippen LogP contribution in [0, 0.1) is 10.1 Å². The highest BCUT2D eigenvalue weighted by Crippen LogP contribution is 2.24. The highest BCUT2D eigenvalue weighted by atomic mass is 32.2. The number of carbonyl (C=O) groups is 1. The summed E-state index contributed by atoms with van der Waals surface area (Å²) in [4.78, 5) is 20.7. The van der Waals surface area contributed by atoms with Crippen LogP contribution in [0.15, 0.2) is 18.2 Å². The van der Waals surface area contributed by atoms with Crippen LogP contribution in [0.2, 0.25) is 0 Å². The normalized spacial score (nSPS) is 11.8. The maximum atomic E-state index is 10.8. The number of nitro groups is 1. The highest BCUT2D eigenvalue weighted by molar-refractivity contribution is 7.84. The van der Waals surface area contributed by atoms with E-state index in [0.29, 0.717) is 24.3 Å². The molecule has 0 fully saturated rings. The Morgan fingerprint density at radius 3 is 2.76 bits per heavy atom. The summed E-state index contributed by atoms with van der Waals surface area (Å²) in [5.74, 6) is 0.409. The summed E-state index contributed by atoms with van der Waals surface area (Å²) in [5.41, 5.74) is 0.420. The van der Waals surface area contributed by atoms with Gasteiger partial charge in [0.05, 0.1) is 4.92 Å². The average Bonchev–Trinajstić information content (AvgIpc) is 2.28. The van der Waals surface area contributed by atoms with Crippen molar-refractivity contribution in [2.24, 2.45) is 0 Å². The predicted molar refractivity (Wildman–Crippen MR) is 65.9 cm³/mol. The molecule has 6 nitrogen and oxygen atoms in total. The molecule has 0 aliphatic carbocycles. The Kier molecular flexibility index (Phi) is 4.77. The zero-order valence-corrected chi connectivity index (χ0v) is 10.0. The number of nitro benzene ring substituents is 1. The number of anilines is 1. The fourth-order valence-corrected chi connectivity index (χ4v) is 1.64. The third kappa shape index (κ3) is 3.95. The maximum absolute atomic E-state index is 10.8. The van der Waals surface area contributed by atoms with Crippen LogP contribution in [-0.2, 0) is 10.8 Å². The van der Waals surface area contributed by atoms with Crippen LogP contribution in [0.4, 0.5) is 11.4 Å². The smallest absolute Gasteiger partial charge is 0.293 e. The zero-order chi connectivity index (χ0) is 12.8. The number of rotatable bonds is 6. The largest absolute Gasteiger partial charge is 0.379 e. The van der Waals surface area contributed by atoms with Crippen molar-refractivity contribution >= 4 is 28.5 Å². The number of nitrogens with zero attached hydrogens (tertiary/aromatic N) is 1. The van der Waals surface area contributed by atoms with Gasteiger partial charge in [0, 0.05) is 41.0 Å². The molecular weight excluding hydrogens is 244 g/mol. The van der Waals surface area contributed by atoms with Gasteiger partial charge in [-0.25, -0.2) is 0 Å². The van der Waals surface area contributed by atoms with E-state index in [1.54, 1.807) is 6.26 Å². The average molecular weight is 256 g/mol. The summed E-state index contributed by atoms with van der Waals surface area (Å²) in [5, 5.41) is 13.6. The van der Waals surface area contributed by atoms with Gasteiger partial charge < -0.3 is 5.32 Å². The zero-order valence-electron chi connectivity index (χ0n) is 9.21. The summed E-state index contributed by atoms with van der Waals surface area (Å²) in [6.45, 7) is 0.379. The second-order valence-corrected chi connectivity index (χ2v) is 4.91. The number of nitrogens with one attached hydrogen (secondary N) is 1. The monoisotopic (exact) mass is 256 g/mol. The predicted octanol–water partition coefficient (Wildman–Crippen LogP) is 1.20. The van der Waals surface area contributed by atoms with E-state index in [9.17, 15) is 19.1 Å². The molecule has 0 amide bonds. The first-order valence-electron chi connectivity index (χ1n) is 4.82. The first kappa shape index (κ1) is 13.3. The van der Waals surface area contributed by atoms with Crippen molar-refractivity contribution < 1.29 is 13.9 Å². The third-order valence-corrected chi connectivity index (χ3v) is 2.84. The Hall–Kier alpha value is -1.76. The Balaban J connectivity index is 2.86. The van der Waals surface area contributed by atoms with Gasteiger partial charge >= 0.3 is 0 Å². The van der Waals surface area contributed by atoms with E-state index in [0.717, 1.165) is 0 Å². The minimum absolute atomic E-state index is 0.156. The van der Waals surface area contributed by atoms with Crippen LogP contribution in [-0.4, -0.2) is 34.0 Å². The second kappa shape index (κ2) is 6.09. The quantitative estimate of drug-likeness (QED) is 0.469. The summed E-state index contributed by atoms with van der Waals surface area (Å²) in [6.07, 6.45) is 2.11. The van der Waals surface area contributed by atoms with Crippen LogP contribution in [0.25, 0.3) is 0 Å². The summed E-state index contributed by atoms with van der Waals surface area (Å²) in [6, 6.07) is 4.17. The van der Waals surface area contributed by atoms with E-state index in [1.807, 2.05) is 0 Å². The maximum Gasteiger partial charge on any atom is 0.293 e. The lowest BCUT2D eigenvalue weighted by atomic mass is 10.2. The first-order valence-corrected chi connectivity index (χ1v) is 6.55. The van der Waals surface area contributed by atoms with Crippen molar-refractivity contribution in [1.82, 2.24) is 0 Å². The van der Waals surface area contributed by atoms with Crippen LogP contribution >= 0.6 is 0 Å². The molecule has 1 unspecified atom stereocenters. The molecule has 0 aliphatic rings. The molecule has 0 radical (unpaired) electrons. The van der Waals surface area contributed by atoms with Crippen LogP contribution < -0.4 is 5.32 Å². The van der Waals surface area contributed by atoms with E-state index in [4.69, 9.17) is 0 Å². The van der Waals surface area contributed by atoms with Crippen molar-refractivity contribution in [2.75, 3.05) is 23.9 Å². The molecule has 1 aromatic rings. The summed E-state index contributed by atoms with van der Waals surface area (Å²) in [7, 11) is -0.951. The van der Waals surface area contributed by atoms with Crippen molar-refractivity contribution in [3.63, 3.8) is 0 Å². The molecule has 0 spiro atoms. The minimum Gasteiger partial charge on any atom is -0.379 e. The topological polar surface area (TPSA) is 89.3 Å². The third-order valence-electron chi connectivity index (χ3n) is 2.06. The van der Waals surface area contributed by atoms with Gasteiger partial charge in [-0.3, -0.25) is 19.1 Å². The molecule has 17 heavy (non-hydrogen) atoms. The molecule has 0 saturated heterocycles. The number of hydrogen-bond donors (Lipinski definition) is 1. The lowest BCUT2D eigenvalue weighted by Crippen LogP contribution is -2.11. The van der Waals surface area contributed by atoms with Crippen LogP contribution in [0.3, 0.4) is 0 Å². The molecule has 1 N–H and O–H groups in total. The molecule has 0 bridgehead atoms. The fourth-order valence-electron chi connectivity index (χ4n) is 1.25. The Morgan fingerprint density at radius 1 is 1.53 bits per heavy atom. The number of benzene rings is 1. The Morgan fingerprint density at radius 2 is 2.24 bits per heavy atom. The van der Waals surface area contributed by atoms with E-state index in [2.05, 4.69) is 5.32 Å². The molecule has 92 valence electrons. The molecular formula is C10H12N2O4S. The molecule has 1 aromatic carbocycles. The van der Waals surface area contributed by atoms with Gasteiger partial charge in [-0.15, -0.1) is 0 Å². The molecule has 1 atom stereocenters. The van der Waals surface area contributed by atoms with Crippen molar-refractivity contribution in [1.29, 1.82) is 0 Å². The lowest BCUT2D eigenvalue weighted by Gasteiger charge is -2.06. The Bertz CT molecular complexity index is 462. The van der Waals surface area contributed by atoms with Crippen molar-refractivity contribution in [3.05, 3.63) is 33.9 Å². The van der Waals surface area contributed by atoms with E-state index >= 15 is 0 Å². The fraction of sp³-hybridized carbons (Fsp3) is 0.300. The lowest BCUT2D eigenvalue weighted by molar-refractivity contribution is -0.384. The number of carbonyl (C=O) groups excluding carboxylic acids is 1. The molecule has 0 aromatic heterocycles. The summed E-state index contributed by atoms with van der Waals surface area (Å²) < 4.78 is 10.8. The van der Waals surface area contributed by atoms with E-state index < -0.39 is 15.7 Å². The Labute approximate surface area is 101 Å². The van der Waals surface area contributed by atoms with E-state index in [1.165, 1.54) is 18.2 Å². The van der Waals surface area contributed by atoms with Gasteiger partial charge in [0.25, 0.3) is 5.69 Å². The molecule has 1 rings (SSSR count). The SMILES string of the molecule is CS(=O)CCNc1ccc(C=O)cc1[N+](=O)[O-]. The summed E-state index contributed by atoms with van der Waals surface area (Å²) >= 11 is 0.